The van der Waals surface area contributed by atoms with Gasteiger partial charge in [0.25, 0.3) is 10.0 Å². The van der Waals surface area contributed by atoms with Crippen molar-refractivity contribution in [3.63, 3.8) is 0 Å². The van der Waals surface area contributed by atoms with E-state index in [0.717, 1.165) is 11.1 Å². The van der Waals surface area contributed by atoms with Crippen molar-refractivity contribution in [3.8, 4) is 17.1 Å². The molecule has 3 heterocycles. The monoisotopic (exact) mass is 632 g/mol. The minimum atomic E-state index is -4.27. The fourth-order valence-electron chi connectivity index (χ4n) is 5.46. The molecule has 9 nitrogen and oxygen atoms in total. The van der Waals surface area contributed by atoms with Crippen LogP contribution < -0.4 is 9.64 Å². The molecule has 10 heteroatoms. The van der Waals surface area contributed by atoms with Gasteiger partial charge in [-0.2, -0.15) is 0 Å². The molecule has 46 heavy (non-hydrogen) atoms. The molecule has 6 aromatic rings. The minimum absolute atomic E-state index is 0.0719. The summed E-state index contributed by atoms with van der Waals surface area (Å²) in [4.78, 5) is 24.5. The zero-order chi connectivity index (χ0) is 32.1. The van der Waals surface area contributed by atoms with Gasteiger partial charge in [0.2, 0.25) is 5.88 Å². The predicted molar refractivity (Wildman–Crippen MR) is 177 cm³/mol. The summed E-state index contributed by atoms with van der Waals surface area (Å²) < 4.78 is 41.8. The van der Waals surface area contributed by atoms with Gasteiger partial charge in [-0.1, -0.05) is 78.9 Å². The molecule has 0 atom stereocenters. The van der Waals surface area contributed by atoms with Gasteiger partial charge in [0.1, 0.15) is 5.52 Å². The first-order valence-corrected chi connectivity index (χ1v) is 16.2. The van der Waals surface area contributed by atoms with Crippen LogP contribution in [-0.4, -0.2) is 42.0 Å². The standard InChI is InChI=1S/C36H32N4O5S/c1-3-45-35-29(20-13-21-37-35)32-22-30-31(36(41)44-2)23-38-34(33(30)40(32)46(42,43)28-18-11-6-12-19-28)39(24-26-14-7-4-8-15-26)25-27-16-9-5-10-17-27/h4-23H,3,24-25H2,1-2H3. The number of benzene rings is 3. The lowest BCUT2D eigenvalue weighted by molar-refractivity contribution is 0.0602. The molecule has 3 aromatic heterocycles. The van der Waals surface area contributed by atoms with Gasteiger partial charge in [0.15, 0.2) is 5.82 Å². The second kappa shape index (κ2) is 13.3. The zero-order valence-corrected chi connectivity index (χ0v) is 26.2. The van der Waals surface area contributed by atoms with E-state index in [0.29, 0.717) is 36.5 Å². The number of aromatic nitrogens is 3. The first-order valence-electron chi connectivity index (χ1n) is 14.8. The molecule has 0 unspecified atom stereocenters. The number of carbonyl (C=O) groups is 1. The van der Waals surface area contributed by atoms with Crippen LogP contribution in [0.3, 0.4) is 0 Å². The molecule has 0 bridgehead atoms. The Morgan fingerprint density at radius 1 is 0.826 bits per heavy atom. The molecule has 232 valence electrons. The molecular formula is C36H32N4O5S. The Bertz CT molecular complexity index is 2040. The second-order valence-electron chi connectivity index (χ2n) is 10.5. The van der Waals surface area contributed by atoms with Crippen molar-refractivity contribution in [3.05, 3.63) is 138 Å². The number of hydrogen-bond donors (Lipinski definition) is 0. The summed E-state index contributed by atoms with van der Waals surface area (Å²) in [5.41, 5.74) is 3.08. The van der Waals surface area contributed by atoms with E-state index in [9.17, 15) is 13.2 Å². The molecule has 0 N–H and O–H groups in total. The number of fused-ring (bicyclic) bond motifs is 1. The maximum absolute atomic E-state index is 14.8. The maximum Gasteiger partial charge on any atom is 0.340 e. The molecule has 6 rings (SSSR count). The van der Waals surface area contributed by atoms with Crippen LogP contribution in [0.25, 0.3) is 22.2 Å². The topological polar surface area (TPSA) is 104 Å². The predicted octanol–water partition coefficient (Wildman–Crippen LogP) is 6.73. The van der Waals surface area contributed by atoms with Crippen LogP contribution in [0.4, 0.5) is 5.82 Å². The van der Waals surface area contributed by atoms with Crippen LogP contribution in [0, 0.1) is 0 Å². The van der Waals surface area contributed by atoms with Crippen molar-refractivity contribution in [1.29, 1.82) is 0 Å². The molecule has 0 saturated heterocycles. The third kappa shape index (κ3) is 5.94. The molecule has 0 aliphatic rings. The number of carbonyl (C=O) groups excluding carboxylic acids is 1. The summed E-state index contributed by atoms with van der Waals surface area (Å²) in [6.45, 7) is 2.98. The van der Waals surface area contributed by atoms with Crippen molar-refractivity contribution >= 4 is 32.7 Å². The summed E-state index contributed by atoms with van der Waals surface area (Å²) in [5.74, 6) is -0.00131. The lowest BCUT2D eigenvalue weighted by Crippen LogP contribution is -2.25. The van der Waals surface area contributed by atoms with Gasteiger partial charge in [-0.05, 0) is 48.4 Å². The fraction of sp³-hybridized carbons (Fsp3) is 0.139. The molecule has 0 spiro atoms. The van der Waals surface area contributed by atoms with Gasteiger partial charge in [-0.25, -0.2) is 27.2 Å². The SMILES string of the molecule is CCOc1ncccc1-c1cc2c(C(=O)OC)cnc(N(Cc3ccccc3)Cc3ccccc3)c2n1S(=O)(=O)c1ccccc1. The summed E-state index contributed by atoms with van der Waals surface area (Å²) in [7, 11) is -2.99. The Balaban J connectivity index is 1.72. The molecule has 0 saturated carbocycles. The Morgan fingerprint density at radius 3 is 2.02 bits per heavy atom. The van der Waals surface area contributed by atoms with E-state index < -0.39 is 16.0 Å². The van der Waals surface area contributed by atoms with E-state index in [-0.39, 0.29) is 27.5 Å². The molecule has 0 radical (unpaired) electrons. The Hall–Kier alpha value is -5.48. The molecule has 0 amide bonds. The van der Waals surface area contributed by atoms with Gasteiger partial charge < -0.3 is 14.4 Å². The molecule has 3 aromatic carbocycles. The van der Waals surface area contributed by atoms with Crippen LogP contribution >= 0.6 is 0 Å². The highest BCUT2D eigenvalue weighted by Crippen LogP contribution is 2.41. The van der Waals surface area contributed by atoms with E-state index in [1.807, 2.05) is 72.5 Å². The Morgan fingerprint density at radius 2 is 1.43 bits per heavy atom. The van der Waals surface area contributed by atoms with Crippen LogP contribution in [-0.2, 0) is 27.8 Å². The van der Waals surface area contributed by atoms with Crippen molar-refractivity contribution < 1.29 is 22.7 Å². The van der Waals surface area contributed by atoms with Crippen LogP contribution in [0.15, 0.2) is 126 Å². The third-order valence-electron chi connectivity index (χ3n) is 7.52. The highest BCUT2D eigenvalue weighted by atomic mass is 32.2. The number of esters is 1. The van der Waals surface area contributed by atoms with Crippen LogP contribution in [0.5, 0.6) is 5.88 Å². The van der Waals surface area contributed by atoms with Gasteiger partial charge in [0.05, 0.1) is 35.4 Å². The average molecular weight is 633 g/mol. The number of pyridine rings is 2. The highest BCUT2D eigenvalue weighted by molar-refractivity contribution is 7.90. The van der Waals surface area contributed by atoms with E-state index in [1.54, 1.807) is 54.7 Å². The fourth-order valence-corrected chi connectivity index (χ4v) is 7.00. The lowest BCUT2D eigenvalue weighted by Gasteiger charge is -2.26. The van der Waals surface area contributed by atoms with E-state index >= 15 is 0 Å². The van der Waals surface area contributed by atoms with Crippen molar-refractivity contribution in [2.24, 2.45) is 0 Å². The number of nitrogens with zero attached hydrogens (tertiary/aromatic N) is 4. The van der Waals surface area contributed by atoms with Crippen molar-refractivity contribution in [1.82, 2.24) is 13.9 Å². The van der Waals surface area contributed by atoms with Gasteiger partial charge in [-0.3, -0.25) is 0 Å². The van der Waals surface area contributed by atoms with Gasteiger partial charge in [0, 0.05) is 30.9 Å². The maximum atomic E-state index is 14.8. The summed E-state index contributed by atoms with van der Waals surface area (Å²) in [5, 5.41) is 0.365. The third-order valence-corrected chi connectivity index (χ3v) is 9.25. The zero-order valence-electron chi connectivity index (χ0n) is 25.4. The minimum Gasteiger partial charge on any atom is -0.477 e. The van der Waals surface area contributed by atoms with Gasteiger partial charge >= 0.3 is 5.97 Å². The van der Waals surface area contributed by atoms with Crippen molar-refractivity contribution in [2.45, 2.75) is 24.9 Å². The van der Waals surface area contributed by atoms with E-state index in [4.69, 9.17) is 14.5 Å². The van der Waals surface area contributed by atoms with E-state index in [1.165, 1.54) is 17.3 Å². The quantitative estimate of drug-likeness (QED) is 0.145. The molecular weight excluding hydrogens is 600 g/mol. The largest absolute Gasteiger partial charge is 0.477 e. The smallest absolute Gasteiger partial charge is 0.340 e. The Labute approximate surface area is 267 Å². The number of rotatable bonds is 11. The summed E-state index contributed by atoms with van der Waals surface area (Å²) >= 11 is 0. The number of hydrogen-bond acceptors (Lipinski definition) is 8. The number of ether oxygens (including phenoxy) is 2. The first-order chi connectivity index (χ1) is 22.4. The second-order valence-corrected chi connectivity index (χ2v) is 12.3. The molecule has 0 fully saturated rings. The average Bonchev–Trinajstić information content (AvgIpc) is 3.50. The lowest BCUT2D eigenvalue weighted by atomic mass is 10.1. The first kappa shape index (κ1) is 30.5. The molecule has 0 aliphatic carbocycles. The highest BCUT2D eigenvalue weighted by Gasteiger charge is 2.31. The summed E-state index contributed by atoms with van der Waals surface area (Å²) in [6, 6.07) is 33.1. The Kier molecular flexibility index (Phi) is 8.80. The summed E-state index contributed by atoms with van der Waals surface area (Å²) in [6.07, 6.45) is 3.03. The van der Waals surface area contributed by atoms with E-state index in [2.05, 4.69) is 4.98 Å². The van der Waals surface area contributed by atoms with Crippen LogP contribution in [0.2, 0.25) is 0 Å². The van der Waals surface area contributed by atoms with Crippen molar-refractivity contribution in [2.75, 3.05) is 18.6 Å². The van der Waals surface area contributed by atoms with Crippen LogP contribution in [0.1, 0.15) is 28.4 Å². The van der Waals surface area contributed by atoms with Gasteiger partial charge in [-0.15, -0.1) is 0 Å². The normalized spacial score (nSPS) is 11.3. The number of anilines is 1. The molecule has 0 aliphatic heterocycles. The number of methoxy groups -OCH3 is 1.